The molecule has 1 atom stereocenters. The number of hydrogen-bond donors (Lipinski definition) is 2. The average molecular weight is 416 g/mol. The summed E-state index contributed by atoms with van der Waals surface area (Å²) in [6.45, 7) is 0.278. The minimum atomic E-state index is -0.656. The maximum atomic E-state index is 12.9. The number of amides is 4. The third kappa shape index (κ3) is 4.03. The molecule has 3 N–H and O–H groups in total. The van der Waals surface area contributed by atoms with Crippen molar-refractivity contribution in [1.29, 1.82) is 0 Å². The van der Waals surface area contributed by atoms with Gasteiger partial charge in [-0.3, -0.25) is 29.5 Å². The number of nitrogens with one attached hydrogen (secondary N) is 1. The second-order valence-corrected chi connectivity index (χ2v) is 7.41. The number of nitrogens with zero attached hydrogens (tertiary/aromatic N) is 2. The third-order valence-corrected chi connectivity index (χ3v) is 5.45. The van der Waals surface area contributed by atoms with E-state index in [1.165, 1.54) is 11.1 Å². The first-order valence-corrected chi connectivity index (χ1v) is 9.95. The van der Waals surface area contributed by atoms with Crippen molar-refractivity contribution >= 4 is 23.6 Å². The van der Waals surface area contributed by atoms with Crippen LogP contribution in [0.5, 0.6) is 0 Å². The molecule has 4 amide bonds. The topological polar surface area (TPSA) is 122 Å². The van der Waals surface area contributed by atoms with Crippen LogP contribution < -0.4 is 11.1 Å². The SMILES string of the molecule is NC(=O)c1ncccc1CCC#Cc1cccc2c1CN(C1CCC(=O)NC1=O)C2=O. The smallest absolute Gasteiger partial charge is 0.267 e. The quantitative estimate of drug-likeness (QED) is 0.567. The van der Waals surface area contributed by atoms with Gasteiger partial charge in [0, 0.05) is 36.7 Å². The zero-order chi connectivity index (χ0) is 22.0. The molecule has 8 nitrogen and oxygen atoms in total. The fourth-order valence-corrected chi connectivity index (χ4v) is 3.92. The molecule has 2 aliphatic rings. The summed E-state index contributed by atoms with van der Waals surface area (Å²) in [5, 5.41) is 2.30. The number of benzene rings is 1. The molecule has 0 spiro atoms. The van der Waals surface area contributed by atoms with Gasteiger partial charge < -0.3 is 10.6 Å². The molecule has 4 rings (SSSR count). The number of aryl methyl sites for hydroxylation is 1. The van der Waals surface area contributed by atoms with Crippen LogP contribution in [0.15, 0.2) is 36.5 Å². The lowest BCUT2D eigenvalue weighted by molar-refractivity contribution is -0.136. The second kappa shape index (κ2) is 8.40. The second-order valence-electron chi connectivity index (χ2n) is 7.41. The molecule has 156 valence electrons. The van der Waals surface area contributed by atoms with Crippen LogP contribution in [-0.2, 0) is 22.6 Å². The molecule has 0 saturated carbocycles. The average Bonchev–Trinajstić information content (AvgIpc) is 3.08. The molecule has 0 radical (unpaired) electrons. The first kappa shape index (κ1) is 20.3. The lowest BCUT2D eigenvalue weighted by Gasteiger charge is -2.29. The van der Waals surface area contributed by atoms with Crippen molar-refractivity contribution in [3.05, 3.63) is 64.5 Å². The number of carbonyl (C=O) groups excluding carboxylic acids is 4. The number of piperidine rings is 1. The van der Waals surface area contributed by atoms with E-state index in [-0.39, 0.29) is 30.5 Å². The van der Waals surface area contributed by atoms with E-state index < -0.39 is 17.9 Å². The van der Waals surface area contributed by atoms with Gasteiger partial charge in [0.2, 0.25) is 11.8 Å². The molecule has 1 saturated heterocycles. The van der Waals surface area contributed by atoms with Gasteiger partial charge in [-0.1, -0.05) is 24.0 Å². The Morgan fingerprint density at radius 2 is 2.06 bits per heavy atom. The monoisotopic (exact) mass is 416 g/mol. The Kier molecular flexibility index (Phi) is 5.50. The molecule has 1 unspecified atom stereocenters. The highest BCUT2D eigenvalue weighted by molar-refractivity contribution is 6.05. The van der Waals surface area contributed by atoms with Gasteiger partial charge in [-0.2, -0.15) is 0 Å². The van der Waals surface area contributed by atoms with Crippen LogP contribution >= 0.6 is 0 Å². The van der Waals surface area contributed by atoms with E-state index in [0.717, 1.165) is 16.7 Å². The van der Waals surface area contributed by atoms with Crippen molar-refractivity contribution in [2.45, 2.75) is 38.3 Å². The summed E-state index contributed by atoms with van der Waals surface area (Å²) in [6, 6.07) is 8.22. The number of primary amides is 1. The summed E-state index contributed by atoms with van der Waals surface area (Å²) < 4.78 is 0. The van der Waals surface area contributed by atoms with Crippen LogP contribution in [0.25, 0.3) is 0 Å². The predicted molar refractivity (Wildman–Crippen MR) is 110 cm³/mol. The number of pyridine rings is 1. The normalized spacial score (nSPS) is 17.6. The first-order chi connectivity index (χ1) is 15.0. The van der Waals surface area contributed by atoms with Crippen molar-refractivity contribution in [2.75, 3.05) is 0 Å². The third-order valence-electron chi connectivity index (χ3n) is 5.45. The molecule has 1 aromatic heterocycles. The molecule has 3 heterocycles. The van der Waals surface area contributed by atoms with Gasteiger partial charge in [-0.05, 0) is 42.2 Å². The first-order valence-electron chi connectivity index (χ1n) is 9.95. The molecule has 1 fully saturated rings. The van der Waals surface area contributed by atoms with E-state index in [2.05, 4.69) is 22.1 Å². The van der Waals surface area contributed by atoms with Gasteiger partial charge in [0.1, 0.15) is 11.7 Å². The van der Waals surface area contributed by atoms with Crippen LogP contribution in [0.3, 0.4) is 0 Å². The number of imide groups is 1. The Labute approximate surface area is 178 Å². The van der Waals surface area contributed by atoms with Crippen molar-refractivity contribution in [3.8, 4) is 11.8 Å². The van der Waals surface area contributed by atoms with Gasteiger partial charge in [0.15, 0.2) is 0 Å². The Morgan fingerprint density at radius 1 is 1.23 bits per heavy atom. The number of rotatable bonds is 4. The molecule has 2 aliphatic heterocycles. The Bertz CT molecular complexity index is 1160. The maximum Gasteiger partial charge on any atom is 0.267 e. The highest BCUT2D eigenvalue weighted by Crippen LogP contribution is 2.29. The molecular formula is C23H20N4O4. The fraction of sp³-hybridized carbons (Fsp3) is 0.261. The summed E-state index contributed by atoms with van der Waals surface area (Å²) in [4.78, 5) is 53.5. The molecule has 2 aromatic rings. The van der Waals surface area contributed by atoms with Crippen LogP contribution in [0.1, 0.15) is 56.8 Å². The fourth-order valence-electron chi connectivity index (χ4n) is 3.92. The molecule has 8 heteroatoms. The van der Waals surface area contributed by atoms with Crippen LogP contribution in [0, 0.1) is 11.8 Å². The highest BCUT2D eigenvalue weighted by Gasteiger charge is 2.39. The molecule has 0 aliphatic carbocycles. The predicted octanol–water partition coefficient (Wildman–Crippen LogP) is 0.926. The lowest BCUT2D eigenvalue weighted by atomic mass is 10.0. The van der Waals surface area contributed by atoms with Gasteiger partial charge in [0.25, 0.3) is 11.8 Å². The summed E-state index contributed by atoms with van der Waals surface area (Å²) in [5.41, 5.74) is 8.37. The van der Waals surface area contributed by atoms with Crippen LogP contribution in [0.2, 0.25) is 0 Å². The highest BCUT2D eigenvalue weighted by atomic mass is 16.2. The molecule has 31 heavy (non-hydrogen) atoms. The van der Waals surface area contributed by atoms with E-state index in [1.54, 1.807) is 24.3 Å². The standard InChI is InChI=1S/C23H20N4O4/c24-21(29)20-15(8-4-12-25-20)6-2-1-5-14-7-3-9-16-17(14)13-27(23(16)31)18-10-11-19(28)26-22(18)30/h3-4,7-9,12,18H,2,6,10-11,13H2,(H2,24,29)(H,26,28,30). The van der Waals surface area contributed by atoms with Crippen LogP contribution in [-0.4, -0.2) is 39.6 Å². The number of hydrogen-bond acceptors (Lipinski definition) is 5. The minimum absolute atomic E-state index is 0.213. The summed E-state index contributed by atoms with van der Waals surface area (Å²) in [5.74, 6) is 4.64. The zero-order valence-corrected chi connectivity index (χ0v) is 16.7. The Morgan fingerprint density at radius 3 is 2.84 bits per heavy atom. The molecular weight excluding hydrogens is 396 g/mol. The Balaban J connectivity index is 1.49. The number of fused-ring (bicyclic) bond motifs is 1. The number of aromatic nitrogens is 1. The Hall–Kier alpha value is -3.99. The van der Waals surface area contributed by atoms with Gasteiger partial charge >= 0.3 is 0 Å². The van der Waals surface area contributed by atoms with Crippen LogP contribution in [0.4, 0.5) is 0 Å². The minimum Gasteiger partial charge on any atom is -0.364 e. The number of nitrogens with two attached hydrogens (primary N) is 1. The van der Waals surface area contributed by atoms with E-state index >= 15 is 0 Å². The lowest BCUT2D eigenvalue weighted by Crippen LogP contribution is -2.52. The van der Waals surface area contributed by atoms with Gasteiger partial charge in [-0.25, -0.2) is 0 Å². The van der Waals surface area contributed by atoms with E-state index in [1.807, 2.05) is 6.07 Å². The maximum absolute atomic E-state index is 12.9. The van der Waals surface area contributed by atoms with E-state index in [4.69, 9.17) is 5.73 Å². The van der Waals surface area contributed by atoms with Crippen molar-refractivity contribution < 1.29 is 19.2 Å². The van der Waals surface area contributed by atoms with E-state index in [0.29, 0.717) is 24.8 Å². The van der Waals surface area contributed by atoms with Gasteiger partial charge in [0.05, 0.1) is 0 Å². The molecule has 0 bridgehead atoms. The summed E-state index contributed by atoms with van der Waals surface area (Å²) in [7, 11) is 0. The molecule has 1 aromatic carbocycles. The summed E-state index contributed by atoms with van der Waals surface area (Å²) in [6.07, 6.45) is 3.06. The number of carbonyl (C=O) groups is 4. The van der Waals surface area contributed by atoms with Gasteiger partial charge in [-0.15, -0.1) is 0 Å². The largest absolute Gasteiger partial charge is 0.364 e. The van der Waals surface area contributed by atoms with Crippen molar-refractivity contribution in [1.82, 2.24) is 15.2 Å². The van der Waals surface area contributed by atoms with Crippen molar-refractivity contribution in [2.24, 2.45) is 5.73 Å². The zero-order valence-electron chi connectivity index (χ0n) is 16.7. The summed E-state index contributed by atoms with van der Waals surface area (Å²) >= 11 is 0. The van der Waals surface area contributed by atoms with Crippen molar-refractivity contribution in [3.63, 3.8) is 0 Å². The van der Waals surface area contributed by atoms with E-state index in [9.17, 15) is 19.2 Å².